The van der Waals surface area contributed by atoms with Gasteiger partial charge in [0.15, 0.2) is 11.5 Å². The molecule has 2 amide bonds. The van der Waals surface area contributed by atoms with Gasteiger partial charge in [-0.3, -0.25) is 15.0 Å². The fourth-order valence-electron chi connectivity index (χ4n) is 3.84. The average molecular weight is 518 g/mol. The predicted octanol–water partition coefficient (Wildman–Crippen LogP) is 0.964. The van der Waals surface area contributed by atoms with E-state index in [1.807, 2.05) is 0 Å². The minimum absolute atomic E-state index is 0.0402. The number of amides is 2. The Hall–Kier alpha value is -3.64. The summed E-state index contributed by atoms with van der Waals surface area (Å²) in [7, 11) is -1.18. The summed E-state index contributed by atoms with van der Waals surface area (Å²) in [5.74, 6) is -0.211. The lowest BCUT2D eigenvalue weighted by Gasteiger charge is -2.24. The number of hydrogen-bond donors (Lipinski definition) is 4. The number of carbonyl (C=O) groups excluding carboxylic acids is 2. The van der Waals surface area contributed by atoms with Gasteiger partial charge in [0.25, 0.3) is 0 Å². The van der Waals surface area contributed by atoms with Crippen molar-refractivity contribution in [2.75, 3.05) is 27.3 Å². The summed E-state index contributed by atoms with van der Waals surface area (Å²) in [4.78, 5) is 27.0. The van der Waals surface area contributed by atoms with Crippen LogP contribution in [-0.2, 0) is 26.2 Å². The highest BCUT2D eigenvalue weighted by Gasteiger charge is 2.32. The molecule has 1 atom stereocenters. The molecule has 0 aromatic heterocycles. The van der Waals surface area contributed by atoms with E-state index in [9.17, 15) is 18.0 Å². The van der Waals surface area contributed by atoms with E-state index in [-0.39, 0.29) is 35.5 Å². The Kier molecular flexibility index (Phi) is 8.88. The first kappa shape index (κ1) is 27.0. The molecule has 36 heavy (non-hydrogen) atoms. The molecule has 11 nitrogen and oxygen atoms in total. The zero-order valence-corrected chi connectivity index (χ0v) is 21.1. The normalized spacial score (nSPS) is 16.2. The Morgan fingerprint density at radius 3 is 2.44 bits per heavy atom. The number of likely N-dealkylation sites (tertiary alicyclic amines) is 1. The lowest BCUT2D eigenvalue weighted by Crippen LogP contribution is -2.49. The number of nitrogen functional groups attached to an aromatic ring is 1. The molecule has 1 unspecified atom stereocenters. The van der Waals surface area contributed by atoms with E-state index in [0.29, 0.717) is 37.1 Å². The molecule has 0 bridgehead atoms. The van der Waals surface area contributed by atoms with Crippen LogP contribution in [0.3, 0.4) is 0 Å². The van der Waals surface area contributed by atoms with Gasteiger partial charge in [0, 0.05) is 24.7 Å². The number of ether oxygens (including phenoxy) is 2. The Balaban J connectivity index is 1.63. The zero-order valence-electron chi connectivity index (χ0n) is 20.2. The number of hydrogen-bond acceptors (Lipinski definition) is 7. The fourth-order valence-corrected chi connectivity index (χ4v) is 5.08. The van der Waals surface area contributed by atoms with Gasteiger partial charge in [-0.25, -0.2) is 8.42 Å². The molecular weight excluding hydrogens is 486 g/mol. The van der Waals surface area contributed by atoms with Crippen LogP contribution < -0.4 is 25.2 Å². The van der Waals surface area contributed by atoms with Crippen LogP contribution in [0.25, 0.3) is 0 Å². The molecule has 0 aliphatic carbocycles. The van der Waals surface area contributed by atoms with Gasteiger partial charge >= 0.3 is 0 Å². The number of amidine groups is 1. The van der Waals surface area contributed by atoms with Gasteiger partial charge in [0.1, 0.15) is 11.9 Å². The summed E-state index contributed by atoms with van der Waals surface area (Å²) in [6, 6.07) is 10.1. The number of nitrogens with zero attached hydrogens (tertiary/aromatic N) is 1. The summed E-state index contributed by atoms with van der Waals surface area (Å²) >= 11 is 0. The van der Waals surface area contributed by atoms with Crippen molar-refractivity contribution in [3.05, 3.63) is 53.6 Å². The van der Waals surface area contributed by atoms with Crippen LogP contribution >= 0.6 is 0 Å². The van der Waals surface area contributed by atoms with E-state index in [4.69, 9.17) is 20.6 Å². The van der Waals surface area contributed by atoms with Crippen molar-refractivity contribution >= 4 is 27.7 Å². The van der Waals surface area contributed by atoms with Crippen LogP contribution in [0.15, 0.2) is 47.4 Å². The van der Waals surface area contributed by atoms with Crippen molar-refractivity contribution in [2.24, 2.45) is 5.73 Å². The number of sulfonamides is 1. The van der Waals surface area contributed by atoms with Gasteiger partial charge in [-0.05, 0) is 37.0 Å². The van der Waals surface area contributed by atoms with Gasteiger partial charge < -0.3 is 25.4 Å². The molecule has 194 valence electrons. The largest absolute Gasteiger partial charge is 0.493 e. The third-order valence-corrected chi connectivity index (χ3v) is 7.30. The molecule has 1 heterocycles. The van der Waals surface area contributed by atoms with Gasteiger partial charge in [-0.2, -0.15) is 4.72 Å². The topological polar surface area (TPSA) is 164 Å². The molecule has 1 fully saturated rings. The predicted molar refractivity (Wildman–Crippen MR) is 133 cm³/mol. The first-order chi connectivity index (χ1) is 17.1. The van der Waals surface area contributed by atoms with E-state index in [1.165, 1.54) is 37.3 Å². The zero-order chi connectivity index (χ0) is 26.3. The summed E-state index contributed by atoms with van der Waals surface area (Å²) in [6.45, 7) is 0.418. The van der Waals surface area contributed by atoms with Crippen LogP contribution in [0, 0.1) is 5.41 Å². The van der Waals surface area contributed by atoms with Crippen molar-refractivity contribution in [1.82, 2.24) is 14.9 Å². The van der Waals surface area contributed by atoms with Gasteiger partial charge in [-0.15, -0.1) is 0 Å². The second-order valence-corrected chi connectivity index (χ2v) is 10.0. The number of methoxy groups -OCH3 is 2. The van der Waals surface area contributed by atoms with Crippen LogP contribution in [0.2, 0.25) is 0 Å². The fraction of sp³-hybridized carbons (Fsp3) is 0.375. The third kappa shape index (κ3) is 6.73. The maximum Gasteiger partial charge on any atom is 0.241 e. The lowest BCUT2D eigenvalue weighted by molar-refractivity contribution is -0.136. The molecule has 3 rings (SSSR count). The molecule has 1 aliphatic rings. The van der Waals surface area contributed by atoms with E-state index < -0.39 is 22.0 Å². The maximum atomic E-state index is 13.1. The molecule has 5 N–H and O–H groups in total. The molecule has 0 radical (unpaired) electrons. The minimum atomic E-state index is -4.03. The molecule has 0 spiro atoms. The monoisotopic (exact) mass is 517 g/mol. The highest BCUT2D eigenvalue weighted by Crippen LogP contribution is 2.29. The summed E-state index contributed by atoms with van der Waals surface area (Å²) < 4.78 is 38.8. The number of nitrogens with one attached hydrogen (secondary N) is 3. The summed E-state index contributed by atoms with van der Waals surface area (Å²) in [5.41, 5.74) is 6.85. The highest BCUT2D eigenvalue weighted by molar-refractivity contribution is 7.89. The molecule has 1 saturated heterocycles. The number of nitrogens with two attached hydrogens (primary N) is 1. The smallest absolute Gasteiger partial charge is 0.241 e. The molecule has 12 heteroatoms. The van der Waals surface area contributed by atoms with Gasteiger partial charge in [0.05, 0.1) is 25.7 Å². The van der Waals surface area contributed by atoms with Crippen molar-refractivity contribution < 1.29 is 27.5 Å². The Bertz CT molecular complexity index is 1220. The molecule has 0 saturated carbocycles. The van der Waals surface area contributed by atoms with Crippen molar-refractivity contribution in [3.63, 3.8) is 0 Å². The Labute approximate surface area is 210 Å². The van der Waals surface area contributed by atoms with Crippen molar-refractivity contribution in [1.29, 1.82) is 5.41 Å². The second-order valence-electron chi connectivity index (χ2n) is 8.33. The molecule has 2 aromatic carbocycles. The maximum absolute atomic E-state index is 13.1. The minimum Gasteiger partial charge on any atom is -0.493 e. The SMILES string of the molecule is COc1ccc(S(=O)(=O)NC2CCCCN(CC(=O)NCc3ccc(C(=N)N)cc3)C2=O)cc1OC. The van der Waals surface area contributed by atoms with Crippen LogP contribution in [0.4, 0.5) is 0 Å². The van der Waals surface area contributed by atoms with Crippen LogP contribution in [-0.4, -0.2) is 64.3 Å². The Morgan fingerprint density at radius 2 is 1.81 bits per heavy atom. The van der Waals surface area contributed by atoms with Gasteiger partial charge in [-0.1, -0.05) is 24.3 Å². The summed E-state index contributed by atoms with van der Waals surface area (Å²) in [6.07, 6.45) is 1.61. The van der Waals surface area contributed by atoms with Crippen LogP contribution in [0.1, 0.15) is 30.4 Å². The number of rotatable bonds is 10. The van der Waals surface area contributed by atoms with E-state index in [1.54, 1.807) is 24.3 Å². The lowest BCUT2D eigenvalue weighted by atomic mass is 10.1. The van der Waals surface area contributed by atoms with Crippen molar-refractivity contribution in [3.8, 4) is 11.5 Å². The van der Waals surface area contributed by atoms with Crippen molar-refractivity contribution in [2.45, 2.75) is 36.7 Å². The van der Waals surface area contributed by atoms with E-state index >= 15 is 0 Å². The first-order valence-electron chi connectivity index (χ1n) is 11.4. The quantitative estimate of drug-likeness (QED) is 0.269. The molecular formula is C24H31N5O6S. The van der Waals surface area contributed by atoms with Crippen LogP contribution in [0.5, 0.6) is 11.5 Å². The second kappa shape index (κ2) is 11.9. The number of carbonyl (C=O) groups is 2. The first-order valence-corrected chi connectivity index (χ1v) is 12.9. The Morgan fingerprint density at radius 1 is 1.11 bits per heavy atom. The average Bonchev–Trinajstić information content (AvgIpc) is 3.03. The third-order valence-electron chi connectivity index (χ3n) is 5.83. The number of benzene rings is 2. The molecule has 2 aromatic rings. The summed E-state index contributed by atoms with van der Waals surface area (Å²) in [5, 5.41) is 10.2. The van der Waals surface area contributed by atoms with Gasteiger partial charge in [0.2, 0.25) is 21.8 Å². The highest BCUT2D eigenvalue weighted by atomic mass is 32.2. The standard InChI is InChI=1S/C24H31N5O6S/c1-34-20-11-10-18(13-21(20)35-2)36(32,33)28-19-5-3-4-12-29(24(19)31)15-22(30)27-14-16-6-8-17(9-7-16)23(25)26/h6-11,13,19,28H,3-5,12,14-15H2,1-2H3,(H3,25,26)(H,27,30). The van der Waals surface area contributed by atoms with E-state index in [0.717, 1.165) is 5.56 Å². The molecule has 1 aliphatic heterocycles. The van der Waals surface area contributed by atoms with E-state index in [2.05, 4.69) is 10.0 Å².